The van der Waals surface area contributed by atoms with Crippen LogP contribution in [0.5, 0.6) is 5.75 Å². The fourth-order valence-electron chi connectivity index (χ4n) is 2.40. The number of nitrogens with one attached hydrogen (secondary N) is 2. The largest absolute Gasteiger partial charge is 0.497 e. The van der Waals surface area contributed by atoms with Gasteiger partial charge in [-0.05, 0) is 47.8 Å². The van der Waals surface area contributed by atoms with Crippen molar-refractivity contribution in [1.82, 2.24) is 20.1 Å². The summed E-state index contributed by atoms with van der Waals surface area (Å²) in [6.45, 7) is 0.704. The van der Waals surface area contributed by atoms with Gasteiger partial charge in [-0.25, -0.2) is 0 Å². The van der Waals surface area contributed by atoms with Crippen LogP contribution < -0.4 is 10.1 Å². The second-order valence-corrected chi connectivity index (χ2v) is 6.70. The maximum Gasteiger partial charge on any atom is 0.240 e. The van der Waals surface area contributed by atoms with Crippen LogP contribution in [0.2, 0.25) is 0 Å². The molecule has 1 amide bonds. The summed E-state index contributed by atoms with van der Waals surface area (Å²) in [7, 11) is 1.64. The van der Waals surface area contributed by atoms with Gasteiger partial charge in [0.2, 0.25) is 5.91 Å². The zero-order valence-corrected chi connectivity index (χ0v) is 15.3. The molecular weight excluding hydrogens is 356 g/mol. The van der Waals surface area contributed by atoms with E-state index in [9.17, 15) is 4.79 Å². The van der Waals surface area contributed by atoms with Crippen molar-refractivity contribution >= 4 is 29.5 Å². The smallest absolute Gasteiger partial charge is 0.240 e. The summed E-state index contributed by atoms with van der Waals surface area (Å²) in [5.74, 6) is 1.41. The second kappa shape index (κ2) is 8.09. The molecule has 2 N–H and O–H groups in total. The number of nitrogens with zero attached hydrogens (tertiary/aromatic N) is 2. The summed E-state index contributed by atoms with van der Waals surface area (Å²) in [6, 6.07) is 11.7. The van der Waals surface area contributed by atoms with Gasteiger partial charge in [0.15, 0.2) is 10.6 Å². The average Bonchev–Trinajstić information content (AvgIpc) is 3.26. The Morgan fingerprint density at radius 1 is 1.36 bits per heavy atom. The summed E-state index contributed by atoms with van der Waals surface area (Å²) in [5, 5.41) is 11.9. The molecular formula is C17H18N4O2S2. The normalized spacial score (nSPS) is 10.6. The number of H-pyrrole nitrogens is 1. The average molecular weight is 374 g/mol. The lowest BCUT2D eigenvalue weighted by atomic mass is 10.1. The Bertz CT molecular complexity index is 882. The quantitative estimate of drug-likeness (QED) is 0.624. The molecule has 0 atom stereocenters. The van der Waals surface area contributed by atoms with E-state index >= 15 is 0 Å². The van der Waals surface area contributed by atoms with Crippen LogP contribution in [0.4, 0.5) is 0 Å². The van der Waals surface area contributed by atoms with Crippen LogP contribution in [-0.2, 0) is 17.8 Å². The third-order valence-corrected chi connectivity index (χ3v) is 4.87. The number of rotatable bonds is 7. The predicted molar refractivity (Wildman–Crippen MR) is 100 cm³/mol. The van der Waals surface area contributed by atoms with Crippen molar-refractivity contribution in [3.63, 3.8) is 0 Å². The zero-order valence-electron chi connectivity index (χ0n) is 13.7. The standard InChI is InChI=1S/C17H18N4O2S2/c1-23-13-6-4-12(5-7-13)8-9-18-15(22)11-21-16(19-20-17(21)24)14-3-2-10-25-14/h2-7,10H,8-9,11H2,1H3,(H,18,22)(H,20,24). The molecule has 0 saturated heterocycles. The summed E-state index contributed by atoms with van der Waals surface area (Å²) >= 11 is 6.79. The minimum atomic E-state index is -0.0937. The molecule has 0 unspecified atom stereocenters. The number of carbonyl (C=O) groups excluding carboxylic acids is 1. The third-order valence-electron chi connectivity index (χ3n) is 3.70. The Hall–Kier alpha value is -2.45. The molecule has 0 saturated carbocycles. The number of aromatic nitrogens is 3. The molecule has 25 heavy (non-hydrogen) atoms. The van der Waals surface area contributed by atoms with Gasteiger partial charge in [-0.3, -0.25) is 14.5 Å². The van der Waals surface area contributed by atoms with Crippen molar-refractivity contribution < 1.29 is 9.53 Å². The summed E-state index contributed by atoms with van der Waals surface area (Å²) < 4.78 is 7.28. The van der Waals surface area contributed by atoms with Gasteiger partial charge >= 0.3 is 0 Å². The van der Waals surface area contributed by atoms with Crippen LogP contribution in [-0.4, -0.2) is 34.3 Å². The fourth-order valence-corrected chi connectivity index (χ4v) is 3.32. The van der Waals surface area contributed by atoms with E-state index in [1.807, 2.05) is 41.8 Å². The van der Waals surface area contributed by atoms with E-state index in [2.05, 4.69) is 15.5 Å². The molecule has 0 fully saturated rings. The van der Waals surface area contributed by atoms with Crippen LogP contribution in [0.15, 0.2) is 41.8 Å². The van der Waals surface area contributed by atoms with Gasteiger partial charge in [-0.2, -0.15) is 5.10 Å². The highest BCUT2D eigenvalue weighted by atomic mass is 32.1. The SMILES string of the molecule is COc1ccc(CCNC(=O)Cn2c(-c3cccs3)n[nH]c2=S)cc1. The second-order valence-electron chi connectivity index (χ2n) is 5.36. The summed E-state index contributed by atoms with van der Waals surface area (Å²) in [5.41, 5.74) is 1.14. The molecule has 2 heterocycles. The van der Waals surface area contributed by atoms with Crippen molar-refractivity contribution in [2.45, 2.75) is 13.0 Å². The van der Waals surface area contributed by atoms with Crippen LogP contribution in [0.1, 0.15) is 5.56 Å². The van der Waals surface area contributed by atoms with E-state index in [-0.39, 0.29) is 12.5 Å². The topological polar surface area (TPSA) is 71.9 Å². The van der Waals surface area contributed by atoms with Gasteiger partial charge in [-0.15, -0.1) is 11.3 Å². The molecule has 2 aromatic heterocycles. The Morgan fingerprint density at radius 2 is 2.16 bits per heavy atom. The van der Waals surface area contributed by atoms with E-state index in [1.165, 1.54) is 0 Å². The molecule has 1 aromatic carbocycles. The highest BCUT2D eigenvalue weighted by Crippen LogP contribution is 2.22. The number of hydrogen-bond donors (Lipinski definition) is 2. The van der Waals surface area contributed by atoms with Gasteiger partial charge < -0.3 is 10.1 Å². The first-order valence-electron chi connectivity index (χ1n) is 7.76. The monoisotopic (exact) mass is 374 g/mol. The lowest BCUT2D eigenvalue weighted by Crippen LogP contribution is -2.29. The lowest BCUT2D eigenvalue weighted by molar-refractivity contribution is -0.121. The first kappa shape index (κ1) is 17.4. The maximum atomic E-state index is 12.2. The molecule has 6 nitrogen and oxygen atoms in total. The first-order valence-corrected chi connectivity index (χ1v) is 9.05. The molecule has 0 spiro atoms. The van der Waals surface area contributed by atoms with Crippen LogP contribution in [0.3, 0.4) is 0 Å². The minimum absolute atomic E-state index is 0.0937. The Balaban J connectivity index is 1.56. The highest BCUT2D eigenvalue weighted by molar-refractivity contribution is 7.71. The van der Waals surface area contributed by atoms with E-state index in [1.54, 1.807) is 23.0 Å². The molecule has 8 heteroatoms. The van der Waals surface area contributed by atoms with Crippen molar-refractivity contribution in [3.8, 4) is 16.5 Å². The van der Waals surface area contributed by atoms with Crippen molar-refractivity contribution in [2.24, 2.45) is 0 Å². The number of carbonyl (C=O) groups is 1. The number of ether oxygens (including phenoxy) is 1. The van der Waals surface area contributed by atoms with Crippen LogP contribution in [0.25, 0.3) is 10.7 Å². The fraction of sp³-hybridized carbons (Fsp3) is 0.235. The molecule has 0 bridgehead atoms. The minimum Gasteiger partial charge on any atom is -0.497 e. The van der Waals surface area contributed by atoms with Crippen LogP contribution in [0, 0.1) is 4.77 Å². The highest BCUT2D eigenvalue weighted by Gasteiger charge is 2.12. The molecule has 0 radical (unpaired) electrons. The van der Waals surface area contributed by atoms with E-state index in [4.69, 9.17) is 17.0 Å². The predicted octanol–water partition coefficient (Wildman–Crippen LogP) is 3.04. The van der Waals surface area contributed by atoms with Gasteiger partial charge in [0.05, 0.1) is 12.0 Å². The lowest BCUT2D eigenvalue weighted by Gasteiger charge is -2.08. The van der Waals surface area contributed by atoms with Gasteiger partial charge in [-0.1, -0.05) is 18.2 Å². The van der Waals surface area contributed by atoms with Crippen molar-refractivity contribution in [2.75, 3.05) is 13.7 Å². The number of methoxy groups -OCH3 is 1. The molecule has 0 aliphatic heterocycles. The van der Waals surface area contributed by atoms with E-state index < -0.39 is 0 Å². The van der Waals surface area contributed by atoms with Gasteiger partial charge in [0.25, 0.3) is 0 Å². The number of aromatic amines is 1. The Labute approximate surface area is 154 Å². The molecule has 130 valence electrons. The maximum absolute atomic E-state index is 12.2. The molecule has 3 rings (SSSR count). The Morgan fingerprint density at radius 3 is 2.84 bits per heavy atom. The number of benzene rings is 1. The van der Waals surface area contributed by atoms with Crippen molar-refractivity contribution in [1.29, 1.82) is 0 Å². The summed E-state index contributed by atoms with van der Waals surface area (Å²) in [4.78, 5) is 13.2. The zero-order chi connectivity index (χ0) is 17.6. The van der Waals surface area contributed by atoms with Crippen molar-refractivity contribution in [3.05, 3.63) is 52.1 Å². The molecule has 0 aliphatic carbocycles. The van der Waals surface area contributed by atoms with E-state index in [0.717, 1.165) is 22.6 Å². The number of hydrogen-bond acceptors (Lipinski definition) is 5. The van der Waals surface area contributed by atoms with E-state index in [0.29, 0.717) is 17.1 Å². The molecule has 0 aliphatic rings. The van der Waals surface area contributed by atoms with Gasteiger partial charge in [0, 0.05) is 6.54 Å². The first-order chi connectivity index (χ1) is 12.2. The third kappa shape index (κ3) is 4.34. The molecule has 3 aromatic rings. The number of thiophene rings is 1. The van der Waals surface area contributed by atoms with Crippen LogP contribution >= 0.6 is 23.6 Å². The Kier molecular flexibility index (Phi) is 5.62. The van der Waals surface area contributed by atoms with Gasteiger partial charge in [0.1, 0.15) is 12.3 Å². The number of amides is 1. The summed E-state index contributed by atoms with van der Waals surface area (Å²) in [6.07, 6.45) is 0.754.